The van der Waals surface area contributed by atoms with E-state index in [0.717, 1.165) is 39.0 Å². The number of likely N-dealkylation sites (tertiary alicyclic amines) is 1. The molecule has 0 saturated carbocycles. The Labute approximate surface area is 139 Å². The standard InChI is InChI=1S/C18H30N4O/c1-14-10-20-22(12-14)17-6-4-8-21(13-17)18(23)9-15(2)16-5-3-7-19-11-16/h10,12,15-17,19H,3-9,11,13H2,1-2H3. The van der Waals surface area contributed by atoms with Crippen LogP contribution in [0, 0.1) is 18.8 Å². The van der Waals surface area contributed by atoms with Crippen LogP contribution in [-0.2, 0) is 4.79 Å². The zero-order valence-corrected chi connectivity index (χ0v) is 14.5. The van der Waals surface area contributed by atoms with E-state index in [1.807, 2.05) is 10.9 Å². The van der Waals surface area contributed by atoms with Gasteiger partial charge in [-0.3, -0.25) is 9.48 Å². The van der Waals surface area contributed by atoms with E-state index in [1.165, 1.54) is 18.4 Å². The van der Waals surface area contributed by atoms with Gasteiger partial charge in [-0.05, 0) is 63.1 Å². The van der Waals surface area contributed by atoms with Crippen LogP contribution in [0.4, 0.5) is 0 Å². The van der Waals surface area contributed by atoms with Gasteiger partial charge in [-0.2, -0.15) is 5.10 Å². The van der Waals surface area contributed by atoms with Crippen LogP contribution < -0.4 is 5.32 Å². The Kier molecular flexibility index (Phi) is 5.36. The molecule has 3 rings (SSSR count). The first-order chi connectivity index (χ1) is 11.1. The molecule has 0 bridgehead atoms. The molecule has 3 heterocycles. The summed E-state index contributed by atoms with van der Waals surface area (Å²) in [4.78, 5) is 14.8. The second-order valence-electron chi connectivity index (χ2n) is 7.42. The van der Waals surface area contributed by atoms with E-state index in [4.69, 9.17) is 0 Å². The maximum Gasteiger partial charge on any atom is 0.222 e. The first-order valence-corrected chi connectivity index (χ1v) is 9.12. The van der Waals surface area contributed by atoms with Crippen molar-refractivity contribution in [2.75, 3.05) is 26.2 Å². The number of hydrogen-bond acceptors (Lipinski definition) is 3. The molecule has 1 aromatic heterocycles. The second kappa shape index (κ2) is 7.47. The fourth-order valence-electron chi connectivity index (χ4n) is 3.97. The highest BCUT2D eigenvalue weighted by Crippen LogP contribution is 2.26. The lowest BCUT2D eigenvalue weighted by atomic mass is 9.85. The number of rotatable bonds is 4. The van der Waals surface area contributed by atoms with Gasteiger partial charge in [0.1, 0.15) is 0 Å². The Hall–Kier alpha value is -1.36. The summed E-state index contributed by atoms with van der Waals surface area (Å²) in [5.74, 6) is 1.46. The van der Waals surface area contributed by atoms with E-state index in [9.17, 15) is 4.79 Å². The van der Waals surface area contributed by atoms with Crippen LogP contribution >= 0.6 is 0 Å². The van der Waals surface area contributed by atoms with Crippen molar-refractivity contribution in [3.63, 3.8) is 0 Å². The van der Waals surface area contributed by atoms with Gasteiger partial charge in [0.25, 0.3) is 0 Å². The fourth-order valence-corrected chi connectivity index (χ4v) is 3.97. The maximum absolute atomic E-state index is 12.7. The minimum absolute atomic E-state index is 0.330. The Bertz CT molecular complexity index is 521. The summed E-state index contributed by atoms with van der Waals surface area (Å²) in [6.07, 6.45) is 9.39. The van der Waals surface area contributed by atoms with Crippen molar-refractivity contribution in [1.29, 1.82) is 0 Å². The van der Waals surface area contributed by atoms with Crippen LogP contribution in [-0.4, -0.2) is 46.8 Å². The van der Waals surface area contributed by atoms with Gasteiger partial charge in [-0.25, -0.2) is 0 Å². The minimum Gasteiger partial charge on any atom is -0.341 e. The van der Waals surface area contributed by atoms with Crippen molar-refractivity contribution in [3.05, 3.63) is 18.0 Å². The molecule has 0 spiro atoms. The van der Waals surface area contributed by atoms with Gasteiger partial charge in [-0.1, -0.05) is 6.92 Å². The number of piperidine rings is 2. The zero-order chi connectivity index (χ0) is 16.2. The monoisotopic (exact) mass is 318 g/mol. The molecule has 2 saturated heterocycles. The lowest BCUT2D eigenvalue weighted by Crippen LogP contribution is -2.42. The minimum atomic E-state index is 0.330. The van der Waals surface area contributed by atoms with Gasteiger partial charge in [0, 0.05) is 25.7 Å². The van der Waals surface area contributed by atoms with Gasteiger partial charge in [0.05, 0.1) is 12.2 Å². The molecule has 1 N–H and O–H groups in total. The zero-order valence-electron chi connectivity index (χ0n) is 14.5. The fraction of sp³-hybridized carbons (Fsp3) is 0.778. The van der Waals surface area contributed by atoms with Crippen LogP contribution in [0.15, 0.2) is 12.4 Å². The molecule has 23 heavy (non-hydrogen) atoms. The molecule has 0 radical (unpaired) electrons. The predicted octanol–water partition coefficient (Wildman–Crippen LogP) is 2.38. The molecule has 3 atom stereocenters. The molecule has 1 amide bonds. The highest BCUT2D eigenvalue weighted by atomic mass is 16.2. The molecule has 2 aliphatic rings. The normalized spacial score (nSPS) is 27.0. The molecule has 3 unspecified atom stereocenters. The third-order valence-corrected chi connectivity index (χ3v) is 5.49. The number of carbonyl (C=O) groups excluding carboxylic acids is 1. The number of carbonyl (C=O) groups is 1. The van der Waals surface area contributed by atoms with Crippen molar-refractivity contribution >= 4 is 5.91 Å². The number of nitrogens with zero attached hydrogens (tertiary/aromatic N) is 3. The van der Waals surface area contributed by atoms with E-state index in [-0.39, 0.29) is 0 Å². The summed E-state index contributed by atoms with van der Waals surface area (Å²) in [5.41, 5.74) is 1.19. The lowest BCUT2D eigenvalue weighted by Gasteiger charge is -2.35. The Morgan fingerprint density at radius 3 is 3.00 bits per heavy atom. The van der Waals surface area contributed by atoms with Crippen molar-refractivity contribution in [2.45, 2.75) is 52.0 Å². The van der Waals surface area contributed by atoms with Gasteiger partial charge in [-0.15, -0.1) is 0 Å². The summed E-state index contributed by atoms with van der Waals surface area (Å²) < 4.78 is 2.04. The largest absolute Gasteiger partial charge is 0.341 e. The predicted molar refractivity (Wildman–Crippen MR) is 91.2 cm³/mol. The quantitative estimate of drug-likeness (QED) is 0.927. The molecule has 2 fully saturated rings. The number of nitrogens with one attached hydrogen (secondary N) is 1. The Balaban J connectivity index is 1.54. The van der Waals surface area contributed by atoms with Gasteiger partial charge in [0.15, 0.2) is 0 Å². The lowest BCUT2D eigenvalue weighted by molar-refractivity contribution is -0.134. The van der Waals surface area contributed by atoms with E-state index in [0.29, 0.717) is 30.2 Å². The molecular formula is C18H30N4O. The first kappa shape index (κ1) is 16.5. The maximum atomic E-state index is 12.7. The van der Waals surface area contributed by atoms with Crippen LogP contribution in [0.1, 0.15) is 50.6 Å². The molecule has 0 aromatic carbocycles. The van der Waals surface area contributed by atoms with Gasteiger partial charge < -0.3 is 10.2 Å². The number of aromatic nitrogens is 2. The van der Waals surface area contributed by atoms with Gasteiger partial charge >= 0.3 is 0 Å². The van der Waals surface area contributed by atoms with Gasteiger partial charge in [0.2, 0.25) is 5.91 Å². The van der Waals surface area contributed by atoms with E-state index in [2.05, 4.69) is 35.4 Å². The van der Waals surface area contributed by atoms with Crippen LogP contribution in [0.3, 0.4) is 0 Å². The van der Waals surface area contributed by atoms with Crippen molar-refractivity contribution in [1.82, 2.24) is 20.0 Å². The van der Waals surface area contributed by atoms with Crippen molar-refractivity contribution in [3.8, 4) is 0 Å². The summed E-state index contributed by atoms with van der Waals surface area (Å²) in [7, 11) is 0. The average molecular weight is 318 g/mol. The van der Waals surface area contributed by atoms with E-state index in [1.54, 1.807) is 0 Å². The average Bonchev–Trinajstić information content (AvgIpc) is 3.02. The van der Waals surface area contributed by atoms with E-state index < -0.39 is 0 Å². The molecule has 5 heteroatoms. The summed E-state index contributed by atoms with van der Waals surface area (Å²) in [6.45, 7) is 8.24. The molecule has 1 aromatic rings. The highest BCUT2D eigenvalue weighted by molar-refractivity contribution is 5.76. The highest BCUT2D eigenvalue weighted by Gasteiger charge is 2.28. The molecule has 5 nitrogen and oxygen atoms in total. The second-order valence-corrected chi connectivity index (χ2v) is 7.42. The number of aryl methyl sites for hydroxylation is 1. The smallest absolute Gasteiger partial charge is 0.222 e. The SMILES string of the molecule is Cc1cnn(C2CCCN(C(=O)CC(C)C3CCCNC3)C2)c1. The number of amides is 1. The summed E-state index contributed by atoms with van der Waals surface area (Å²) in [5, 5.41) is 7.90. The summed E-state index contributed by atoms with van der Waals surface area (Å²) >= 11 is 0. The molecule has 0 aliphatic carbocycles. The Morgan fingerprint density at radius 2 is 2.30 bits per heavy atom. The molecule has 2 aliphatic heterocycles. The third-order valence-electron chi connectivity index (χ3n) is 5.49. The van der Waals surface area contributed by atoms with Crippen molar-refractivity contribution < 1.29 is 4.79 Å². The number of hydrogen-bond donors (Lipinski definition) is 1. The molecule has 128 valence electrons. The first-order valence-electron chi connectivity index (χ1n) is 9.12. The summed E-state index contributed by atoms with van der Waals surface area (Å²) in [6, 6.07) is 0.341. The Morgan fingerprint density at radius 1 is 1.43 bits per heavy atom. The topological polar surface area (TPSA) is 50.2 Å². The molecular weight excluding hydrogens is 288 g/mol. The van der Waals surface area contributed by atoms with Crippen molar-refractivity contribution in [2.24, 2.45) is 11.8 Å². The van der Waals surface area contributed by atoms with Crippen LogP contribution in [0.5, 0.6) is 0 Å². The third kappa shape index (κ3) is 4.14. The van der Waals surface area contributed by atoms with Crippen LogP contribution in [0.25, 0.3) is 0 Å². The van der Waals surface area contributed by atoms with Crippen LogP contribution in [0.2, 0.25) is 0 Å². The van der Waals surface area contributed by atoms with E-state index >= 15 is 0 Å².